The lowest BCUT2D eigenvalue weighted by Crippen LogP contribution is -1.95. The van der Waals surface area contributed by atoms with Gasteiger partial charge in [0, 0.05) is 23.0 Å². The summed E-state index contributed by atoms with van der Waals surface area (Å²) in [5.74, 6) is -0.585. The van der Waals surface area contributed by atoms with Crippen LogP contribution in [0.15, 0.2) is 47.1 Å². The van der Waals surface area contributed by atoms with E-state index in [0.29, 0.717) is 5.02 Å². The fourth-order valence-corrected chi connectivity index (χ4v) is 1.74. The summed E-state index contributed by atoms with van der Waals surface area (Å²) in [5, 5.41) is 0.636. The molecule has 0 saturated carbocycles. The van der Waals surface area contributed by atoms with Gasteiger partial charge in [0.15, 0.2) is 0 Å². The molecule has 0 atom stereocenters. The molecule has 0 saturated heterocycles. The number of benzene rings is 1. The Kier molecular flexibility index (Phi) is 3.96. The lowest BCUT2D eigenvalue weighted by Gasteiger charge is -2.02. The molecular weight excluding hydrogens is 272 g/mol. The zero-order valence-electron chi connectivity index (χ0n) is 9.04. The molecule has 1 aromatic carbocycles. The molecule has 1 heterocycles. The van der Waals surface area contributed by atoms with E-state index in [1.165, 1.54) is 6.20 Å². The van der Waals surface area contributed by atoms with Crippen LogP contribution >= 0.6 is 11.6 Å². The van der Waals surface area contributed by atoms with Gasteiger partial charge in [-0.3, -0.25) is 9.78 Å². The van der Waals surface area contributed by atoms with E-state index in [9.17, 15) is 9.00 Å². The van der Waals surface area contributed by atoms with Crippen molar-refractivity contribution in [3.05, 3.63) is 53.3 Å². The highest BCUT2D eigenvalue weighted by atomic mass is 35.5. The number of aromatic nitrogens is 1. The molecule has 2 aromatic rings. The number of halogens is 1. The number of pyridine rings is 1. The number of rotatable bonds is 2. The van der Waals surface area contributed by atoms with Gasteiger partial charge in [-0.15, -0.1) is 4.36 Å². The highest BCUT2D eigenvalue weighted by molar-refractivity contribution is 7.55. The van der Waals surface area contributed by atoms with Gasteiger partial charge in [-0.2, -0.15) is 4.21 Å². The van der Waals surface area contributed by atoms with Crippen molar-refractivity contribution in [1.29, 1.82) is 0 Å². The second kappa shape index (κ2) is 5.66. The first-order valence-electron chi connectivity index (χ1n) is 4.96. The van der Waals surface area contributed by atoms with Crippen LogP contribution in [-0.2, 0) is 11.5 Å². The minimum Gasteiger partial charge on any atom is -0.266 e. The minimum absolute atomic E-state index is 0.112. The van der Waals surface area contributed by atoms with Gasteiger partial charge in [-0.05, 0) is 23.8 Å². The first-order chi connectivity index (χ1) is 8.70. The molecule has 0 N–H and O–H groups in total. The van der Waals surface area contributed by atoms with Gasteiger partial charge >= 0.3 is 0 Å². The van der Waals surface area contributed by atoms with Gasteiger partial charge in [0.1, 0.15) is 0 Å². The summed E-state index contributed by atoms with van der Waals surface area (Å²) in [4.78, 5) is 15.4. The van der Waals surface area contributed by atoms with Crippen molar-refractivity contribution in [3.8, 4) is 11.1 Å². The molecule has 0 unspecified atom stereocenters. The maximum absolute atomic E-state index is 11.4. The Morgan fingerprint density at radius 2 is 1.89 bits per heavy atom. The first kappa shape index (κ1) is 12.6. The van der Waals surface area contributed by atoms with Crippen LogP contribution in [-0.4, -0.2) is 15.1 Å². The molecule has 4 nitrogen and oxygen atoms in total. The maximum atomic E-state index is 11.4. The van der Waals surface area contributed by atoms with E-state index < -0.39 is 5.91 Å². The number of amides is 1. The van der Waals surface area contributed by atoms with Gasteiger partial charge in [-0.1, -0.05) is 23.7 Å². The number of carbonyl (C=O) groups excluding carboxylic acids is 1. The Hall–Kier alpha value is -1.85. The number of nitrogens with zero attached hydrogens (tertiary/aromatic N) is 2. The zero-order chi connectivity index (χ0) is 13.0. The molecule has 0 aliphatic heterocycles. The van der Waals surface area contributed by atoms with Crippen molar-refractivity contribution in [2.45, 2.75) is 0 Å². The molecule has 0 aliphatic rings. The lowest BCUT2D eigenvalue weighted by atomic mass is 10.1. The molecule has 1 aromatic heterocycles. The summed E-state index contributed by atoms with van der Waals surface area (Å²) in [5.41, 5.74) is 1.94. The van der Waals surface area contributed by atoms with E-state index in [4.69, 9.17) is 11.6 Å². The molecular formula is C12H7ClN2O2S. The molecule has 18 heavy (non-hydrogen) atoms. The predicted octanol–water partition coefficient (Wildman–Crippen LogP) is 2.94. The largest absolute Gasteiger partial charge is 0.291 e. The molecule has 90 valence electrons. The topological polar surface area (TPSA) is 59.4 Å². The van der Waals surface area contributed by atoms with Crippen molar-refractivity contribution < 1.29 is 9.00 Å². The molecule has 0 fully saturated rings. The van der Waals surface area contributed by atoms with Crippen LogP contribution in [0.25, 0.3) is 11.1 Å². The van der Waals surface area contributed by atoms with Crippen LogP contribution in [0.2, 0.25) is 5.02 Å². The standard InChI is InChI=1S/C12H7ClN2O2S/c13-11-3-1-8(2-4-11)9-5-10(7-14-6-9)12(16)15-18-17/h1-7H. The monoisotopic (exact) mass is 278 g/mol. The number of carbonyl (C=O) groups is 1. The van der Waals surface area contributed by atoms with E-state index in [0.717, 1.165) is 11.1 Å². The minimum atomic E-state index is -0.585. The van der Waals surface area contributed by atoms with Crippen molar-refractivity contribution in [1.82, 2.24) is 4.98 Å². The van der Waals surface area contributed by atoms with Crippen molar-refractivity contribution in [2.24, 2.45) is 4.36 Å². The summed E-state index contributed by atoms with van der Waals surface area (Å²) in [6.07, 6.45) is 3.01. The summed E-state index contributed by atoms with van der Waals surface area (Å²) in [7, 11) is 0. The summed E-state index contributed by atoms with van der Waals surface area (Å²) >= 11 is 5.69. The number of hydrogen-bond donors (Lipinski definition) is 0. The third-order valence-electron chi connectivity index (χ3n) is 2.28. The lowest BCUT2D eigenvalue weighted by molar-refractivity contribution is 0.100. The third kappa shape index (κ3) is 2.88. The van der Waals surface area contributed by atoms with Crippen LogP contribution in [0.4, 0.5) is 0 Å². The normalized spacial score (nSPS) is 9.83. The van der Waals surface area contributed by atoms with Crippen molar-refractivity contribution in [3.63, 3.8) is 0 Å². The van der Waals surface area contributed by atoms with Crippen LogP contribution in [0, 0.1) is 0 Å². The Bertz CT molecular complexity index is 637. The van der Waals surface area contributed by atoms with Gasteiger partial charge in [0.25, 0.3) is 5.91 Å². The molecule has 1 amide bonds. The van der Waals surface area contributed by atoms with Gasteiger partial charge in [-0.25, -0.2) is 0 Å². The van der Waals surface area contributed by atoms with Crippen LogP contribution in [0.1, 0.15) is 10.4 Å². The fraction of sp³-hybridized carbons (Fsp3) is 0. The summed E-state index contributed by atoms with van der Waals surface area (Å²) in [6.45, 7) is 0. The van der Waals surface area contributed by atoms with E-state index in [1.54, 1.807) is 24.4 Å². The van der Waals surface area contributed by atoms with E-state index >= 15 is 0 Å². The van der Waals surface area contributed by atoms with E-state index in [-0.39, 0.29) is 17.0 Å². The highest BCUT2D eigenvalue weighted by Gasteiger charge is 2.06. The van der Waals surface area contributed by atoms with Gasteiger partial charge < -0.3 is 0 Å². The quantitative estimate of drug-likeness (QED) is 0.848. The van der Waals surface area contributed by atoms with Crippen LogP contribution < -0.4 is 0 Å². The van der Waals surface area contributed by atoms with Gasteiger partial charge in [0.05, 0.1) is 5.56 Å². The first-order valence-corrected chi connectivity index (χ1v) is 6.03. The molecule has 2 rings (SSSR count). The maximum Gasteiger partial charge on any atom is 0.291 e. The van der Waals surface area contributed by atoms with E-state index in [1.807, 2.05) is 12.1 Å². The second-order valence-corrected chi connectivity index (χ2v) is 4.21. The SMILES string of the molecule is O=S=NC(=O)c1cncc(-c2ccc(Cl)cc2)c1. The fourth-order valence-electron chi connectivity index (χ4n) is 1.44. The number of hydrogen-bond acceptors (Lipinski definition) is 3. The summed E-state index contributed by atoms with van der Waals surface area (Å²) < 4.78 is 13.4. The van der Waals surface area contributed by atoms with Crippen molar-refractivity contribution in [2.75, 3.05) is 0 Å². The molecule has 0 spiro atoms. The second-order valence-electron chi connectivity index (χ2n) is 3.44. The Morgan fingerprint density at radius 3 is 2.56 bits per heavy atom. The molecule has 0 bridgehead atoms. The highest BCUT2D eigenvalue weighted by Crippen LogP contribution is 2.21. The average molecular weight is 279 g/mol. The zero-order valence-corrected chi connectivity index (χ0v) is 10.6. The van der Waals surface area contributed by atoms with Crippen LogP contribution in [0.3, 0.4) is 0 Å². The molecule has 6 heteroatoms. The Morgan fingerprint density at radius 1 is 1.17 bits per heavy atom. The van der Waals surface area contributed by atoms with Gasteiger partial charge in [0.2, 0.25) is 11.5 Å². The van der Waals surface area contributed by atoms with E-state index in [2.05, 4.69) is 9.35 Å². The Labute approximate surface area is 112 Å². The van der Waals surface area contributed by atoms with Crippen molar-refractivity contribution >= 4 is 29.0 Å². The molecule has 0 radical (unpaired) electrons. The average Bonchev–Trinajstić information content (AvgIpc) is 2.40. The Balaban J connectivity index is 2.41. The summed E-state index contributed by atoms with van der Waals surface area (Å²) in [6, 6.07) is 8.80. The predicted molar refractivity (Wildman–Crippen MR) is 69.6 cm³/mol. The molecule has 0 aliphatic carbocycles. The third-order valence-corrected chi connectivity index (χ3v) is 2.78. The van der Waals surface area contributed by atoms with Crippen LogP contribution in [0.5, 0.6) is 0 Å². The smallest absolute Gasteiger partial charge is 0.266 e.